The van der Waals surface area contributed by atoms with Crippen LogP contribution in [0.5, 0.6) is 0 Å². The van der Waals surface area contributed by atoms with Gasteiger partial charge in [-0.05, 0) is 25.3 Å². The van der Waals surface area contributed by atoms with Gasteiger partial charge in [0.15, 0.2) is 0 Å². The minimum absolute atomic E-state index is 0.0674. The van der Waals surface area contributed by atoms with Crippen molar-refractivity contribution >= 4 is 11.9 Å². The van der Waals surface area contributed by atoms with E-state index in [2.05, 4.69) is 0 Å². The van der Waals surface area contributed by atoms with Gasteiger partial charge in [0.05, 0.1) is 12.0 Å². The van der Waals surface area contributed by atoms with Crippen molar-refractivity contribution in [3.8, 4) is 0 Å². The van der Waals surface area contributed by atoms with Crippen LogP contribution in [0.3, 0.4) is 0 Å². The Kier molecular flexibility index (Phi) is 6.18. The van der Waals surface area contributed by atoms with E-state index in [9.17, 15) is 9.59 Å². The average molecular weight is 329 g/mol. The maximum absolute atomic E-state index is 12.6. The number of amides is 1. The Labute approximate surface area is 144 Å². The number of ether oxygens (including phenoxy) is 1. The molecular formula is C20H27NO3. The Morgan fingerprint density at radius 1 is 0.958 bits per heavy atom. The normalized spacial score (nSPS) is 30.9. The predicted octanol–water partition coefficient (Wildman–Crippen LogP) is 3.74. The van der Waals surface area contributed by atoms with Crippen molar-refractivity contribution in [3.05, 3.63) is 48.0 Å². The molecule has 1 heterocycles. The number of hydrogen-bond donors (Lipinski definition) is 0. The summed E-state index contributed by atoms with van der Waals surface area (Å²) in [7, 11) is 1.78. The molecule has 0 saturated carbocycles. The Hall–Kier alpha value is -2.10. The van der Waals surface area contributed by atoms with E-state index in [1.54, 1.807) is 11.9 Å². The highest BCUT2D eigenvalue weighted by Gasteiger charge is 2.32. The number of nitrogens with zero attached hydrogens (tertiary/aromatic N) is 1. The Balaban J connectivity index is 2.36. The molecule has 0 saturated heterocycles. The zero-order chi connectivity index (χ0) is 17.7. The second kappa shape index (κ2) is 8.13. The summed E-state index contributed by atoms with van der Waals surface area (Å²) in [5, 5.41) is 0. The molecule has 1 aromatic rings. The number of esters is 1. The number of cyclic esters (lactones) is 1. The first-order valence-electron chi connectivity index (χ1n) is 8.59. The SMILES string of the molecule is C[C@@H]1C/C=C\C[C@H](C)C(=O)N(C)[C@H](C)[C@@H](c2ccccc2)OC1=O. The second-order valence-electron chi connectivity index (χ2n) is 6.70. The van der Waals surface area contributed by atoms with Crippen molar-refractivity contribution in [2.45, 2.75) is 45.8 Å². The van der Waals surface area contributed by atoms with Gasteiger partial charge in [-0.3, -0.25) is 9.59 Å². The van der Waals surface area contributed by atoms with E-state index >= 15 is 0 Å². The zero-order valence-corrected chi connectivity index (χ0v) is 14.9. The second-order valence-corrected chi connectivity index (χ2v) is 6.70. The zero-order valence-electron chi connectivity index (χ0n) is 14.9. The molecule has 4 heteroatoms. The summed E-state index contributed by atoms with van der Waals surface area (Å²) in [5.74, 6) is -0.446. The van der Waals surface area contributed by atoms with Gasteiger partial charge >= 0.3 is 5.97 Å². The topological polar surface area (TPSA) is 46.6 Å². The largest absolute Gasteiger partial charge is 0.455 e. The van der Waals surface area contributed by atoms with Crippen molar-refractivity contribution < 1.29 is 14.3 Å². The van der Waals surface area contributed by atoms with Crippen LogP contribution in [0.2, 0.25) is 0 Å². The number of benzene rings is 1. The van der Waals surface area contributed by atoms with E-state index < -0.39 is 6.10 Å². The standard InChI is InChI=1S/C20H27NO3/c1-14-10-8-9-11-15(2)20(23)24-18(16(3)21(4)19(14)22)17-12-6-5-7-13-17/h5-9,12-16,18H,10-11H2,1-4H3/b9-8-/t14-,15+,16+,18-/m0/s1. The first-order valence-corrected chi connectivity index (χ1v) is 8.59. The molecule has 24 heavy (non-hydrogen) atoms. The Morgan fingerprint density at radius 2 is 1.54 bits per heavy atom. The van der Waals surface area contributed by atoms with Crippen molar-refractivity contribution in [1.82, 2.24) is 4.90 Å². The molecule has 0 fully saturated rings. The molecule has 0 N–H and O–H groups in total. The fourth-order valence-electron chi connectivity index (χ4n) is 2.88. The average Bonchev–Trinajstić information content (AvgIpc) is 2.60. The monoisotopic (exact) mass is 329 g/mol. The lowest BCUT2D eigenvalue weighted by atomic mass is 9.98. The van der Waals surface area contributed by atoms with Crippen LogP contribution in [-0.4, -0.2) is 29.9 Å². The fraction of sp³-hybridized carbons (Fsp3) is 0.500. The van der Waals surface area contributed by atoms with E-state index in [1.165, 1.54) is 0 Å². The summed E-state index contributed by atoms with van der Waals surface area (Å²) in [6.07, 6.45) is 4.81. The quantitative estimate of drug-likeness (QED) is 0.582. The third-order valence-electron chi connectivity index (χ3n) is 4.74. The lowest BCUT2D eigenvalue weighted by molar-refractivity contribution is -0.160. The lowest BCUT2D eigenvalue weighted by Crippen LogP contribution is -2.43. The predicted molar refractivity (Wildman–Crippen MR) is 94.2 cm³/mol. The lowest BCUT2D eigenvalue weighted by Gasteiger charge is -2.34. The summed E-state index contributed by atoms with van der Waals surface area (Å²) >= 11 is 0. The maximum Gasteiger partial charge on any atom is 0.309 e. The van der Waals surface area contributed by atoms with Gasteiger partial charge in [-0.1, -0.05) is 56.3 Å². The third-order valence-corrected chi connectivity index (χ3v) is 4.74. The van der Waals surface area contributed by atoms with Crippen LogP contribution in [0.25, 0.3) is 0 Å². The molecule has 1 aliphatic heterocycles. The Morgan fingerprint density at radius 3 is 2.17 bits per heavy atom. The van der Waals surface area contributed by atoms with E-state index in [1.807, 2.05) is 63.3 Å². The molecule has 0 aliphatic carbocycles. The van der Waals surface area contributed by atoms with Crippen LogP contribution in [0.15, 0.2) is 42.5 Å². The highest BCUT2D eigenvalue weighted by atomic mass is 16.5. The van der Waals surface area contributed by atoms with Crippen LogP contribution in [0.4, 0.5) is 0 Å². The molecule has 2 rings (SSSR count). The molecule has 0 aromatic heterocycles. The van der Waals surface area contributed by atoms with Crippen LogP contribution >= 0.6 is 0 Å². The third kappa shape index (κ3) is 4.25. The number of hydrogen-bond acceptors (Lipinski definition) is 3. The highest BCUT2D eigenvalue weighted by Crippen LogP contribution is 2.28. The van der Waals surface area contributed by atoms with Crippen molar-refractivity contribution in [3.63, 3.8) is 0 Å². The van der Waals surface area contributed by atoms with Crippen LogP contribution in [0, 0.1) is 11.8 Å². The van der Waals surface area contributed by atoms with Gasteiger partial charge in [0.1, 0.15) is 6.10 Å². The van der Waals surface area contributed by atoms with Crippen molar-refractivity contribution in [2.75, 3.05) is 7.05 Å². The van der Waals surface area contributed by atoms with Gasteiger partial charge < -0.3 is 9.64 Å². The number of likely N-dealkylation sites (N-methyl/N-ethyl adjacent to an activating group) is 1. The molecule has 0 spiro atoms. The van der Waals surface area contributed by atoms with Gasteiger partial charge in [0.25, 0.3) is 0 Å². The van der Waals surface area contributed by atoms with Crippen molar-refractivity contribution in [1.29, 1.82) is 0 Å². The molecule has 130 valence electrons. The van der Waals surface area contributed by atoms with Crippen molar-refractivity contribution in [2.24, 2.45) is 11.8 Å². The van der Waals surface area contributed by atoms with Gasteiger partial charge in [-0.2, -0.15) is 0 Å². The minimum atomic E-state index is -0.467. The molecular weight excluding hydrogens is 302 g/mol. The summed E-state index contributed by atoms with van der Waals surface area (Å²) < 4.78 is 5.82. The molecule has 0 bridgehead atoms. The van der Waals surface area contributed by atoms with Crippen LogP contribution in [-0.2, 0) is 14.3 Å². The smallest absolute Gasteiger partial charge is 0.309 e. The van der Waals surface area contributed by atoms with Crippen LogP contribution < -0.4 is 0 Å². The number of allylic oxidation sites excluding steroid dienone is 2. The van der Waals surface area contributed by atoms with Gasteiger partial charge in [-0.25, -0.2) is 0 Å². The molecule has 1 aromatic carbocycles. The summed E-state index contributed by atoms with van der Waals surface area (Å²) in [5.41, 5.74) is 0.908. The van der Waals surface area contributed by atoms with Gasteiger partial charge in [-0.15, -0.1) is 0 Å². The molecule has 1 aliphatic rings. The van der Waals surface area contributed by atoms with E-state index in [0.717, 1.165) is 5.56 Å². The first-order chi connectivity index (χ1) is 11.4. The van der Waals surface area contributed by atoms with Gasteiger partial charge in [0, 0.05) is 13.0 Å². The molecule has 0 radical (unpaired) electrons. The van der Waals surface area contributed by atoms with Crippen LogP contribution in [0.1, 0.15) is 45.3 Å². The summed E-state index contributed by atoms with van der Waals surface area (Å²) in [6, 6.07) is 9.40. The van der Waals surface area contributed by atoms with E-state index in [-0.39, 0.29) is 29.8 Å². The molecule has 0 unspecified atom stereocenters. The minimum Gasteiger partial charge on any atom is -0.455 e. The molecule has 4 atom stereocenters. The highest BCUT2D eigenvalue weighted by molar-refractivity contribution is 5.79. The first kappa shape index (κ1) is 18.2. The van der Waals surface area contributed by atoms with E-state index in [4.69, 9.17) is 4.74 Å². The summed E-state index contributed by atoms with van der Waals surface area (Å²) in [6.45, 7) is 5.75. The number of rotatable bonds is 1. The molecule has 4 nitrogen and oxygen atoms in total. The molecule has 1 amide bonds. The summed E-state index contributed by atoms with van der Waals surface area (Å²) in [4.78, 5) is 26.8. The number of carbonyl (C=O) groups excluding carboxylic acids is 2. The Bertz CT molecular complexity index is 596. The maximum atomic E-state index is 12.6. The van der Waals surface area contributed by atoms with Gasteiger partial charge in [0.2, 0.25) is 5.91 Å². The number of carbonyl (C=O) groups is 2. The van der Waals surface area contributed by atoms with E-state index in [0.29, 0.717) is 12.8 Å². The fourth-order valence-corrected chi connectivity index (χ4v) is 2.88.